The van der Waals surface area contributed by atoms with Gasteiger partial charge in [0.2, 0.25) is 5.91 Å². The molecule has 3 heterocycles. The molecule has 20 heavy (non-hydrogen) atoms. The van der Waals surface area contributed by atoms with Gasteiger partial charge in [0.15, 0.2) is 0 Å². The van der Waals surface area contributed by atoms with Crippen LogP contribution in [0, 0.1) is 0 Å². The van der Waals surface area contributed by atoms with Crippen molar-refractivity contribution in [2.24, 2.45) is 0 Å². The molecule has 2 aliphatic rings. The van der Waals surface area contributed by atoms with Gasteiger partial charge in [-0.3, -0.25) is 9.59 Å². The highest BCUT2D eigenvalue weighted by Gasteiger charge is 2.37. The summed E-state index contributed by atoms with van der Waals surface area (Å²) in [4.78, 5) is 26.4. The predicted molar refractivity (Wildman–Crippen MR) is 79.5 cm³/mol. The van der Waals surface area contributed by atoms with Crippen LogP contribution in [-0.2, 0) is 11.3 Å². The van der Waals surface area contributed by atoms with E-state index in [4.69, 9.17) is 0 Å². The third kappa shape index (κ3) is 2.67. The third-order valence-electron chi connectivity index (χ3n) is 4.20. The summed E-state index contributed by atoms with van der Waals surface area (Å²) in [6, 6.07) is 3.81. The smallest absolute Gasteiger partial charge is 0.251 e. The second kappa shape index (κ2) is 5.69. The summed E-state index contributed by atoms with van der Waals surface area (Å²) in [5.74, 6) is 0.0569. The van der Waals surface area contributed by atoms with Crippen LogP contribution in [0.15, 0.2) is 27.6 Å². The first-order valence-corrected chi connectivity index (χ1v) is 7.82. The molecule has 1 N–H and O–H groups in total. The van der Waals surface area contributed by atoms with Gasteiger partial charge >= 0.3 is 0 Å². The van der Waals surface area contributed by atoms with E-state index in [1.807, 2.05) is 4.90 Å². The van der Waals surface area contributed by atoms with Crippen molar-refractivity contribution in [1.29, 1.82) is 0 Å². The summed E-state index contributed by atoms with van der Waals surface area (Å²) in [6.07, 6.45) is 4.84. The lowest BCUT2D eigenvalue weighted by molar-refractivity contribution is -0.134. The number of carbonyl (C=O) groups excluding carboxylic acids is 1. The molecule has 0 aliphatic carbocycles. The summed E-state index contributed by atoms with van der Waals surface area (Å²) in [7, 11) is 0. The van der Waals surface area contributed by atoms with Crippen LogP contribution in [0.4, 0.5) is 0 Å². The Bertz CT molecular complexity index is 558. The van der Waals surface area contributed by atoms with Crippen molar-refractivity contribution < 1.29 is 4.79 Å². The van der Waals surface area contributed by atoms with Gasteiger partial charge < -0.3 is 14.8 Å². The second-order valence-corrected chi connectivity index (χ2v) is 6.41. The monoisotopic (exact) mass is 339 g/mol. The van der Waals surface area contributed by atoms with E-state index in [0.717, 1.165) is 36.8 Å². The molecule has 2 aliphatic heterocycles. The van der Waals surface area contributed by atoms with E-state index in [9.17, 15) is 9.59 Å². The minimum absolute atomic E-state index is 0.0569. The van der Waals surface area contributed by atoms with Crippen LogP contribution in [0.3, 0.4) is 0 Å². The number of nitrogens with one attached hydrogen (secondary N) is 1. The van der Waals surface area contributed by atoms with E-state index in [-0.39, 0.29) is 24.1 Å². The van der Waals surface area contributed by atoms with Crippen molar-refractivity contribution in [3.8, 4) is 0 Å². The molecule has 3 rings (SSSR count). The van der Waals surface area contributed by atoms with E-state index in [1.165, 1.54) is 10.6 Å². The zero-order valence-corrected chi connectivity index (χ0v) is 12.8. The molecule has 6 heteroatoms. The lowest BCUT2D eigenvalue weighted by atomic mass is 10.1. The van der Waals surface area contributed by atoms with Crippen LogP contribution < -0.4 is 10.9 Å². The van der Waals surface area contributed by atoms with Crippen molar-refractivity contribution in [2.75, 3.05) is 13.1 Å². The first-order valence-electron chi connectivity index (χ1n) is 7.03. The molecular weight excluding hydrogens is 322 g/mol. The minimum atomic E-state index is -0.137. The van der Waals surface area contributed by atoms with Crippen LogP contribution in [0.2, 0.25) is 0 Å². The van der Waals surface area contributed by atoms with Gasteiger partial charge in [0.25, 0.3) is 5.56 Å². The summed E-state index contributed by atoms with van der Waals surface area (Å²) in [5.41, 5.74) is -0.137. The van der Waals surface area contributed by atoms with E-state index >= 15 is 0 Å². The Morgan fingerprint density at radius 2 is 2.10 bits per heavy atom. The number of fused-ring (bicyclic) bond motifs is 2. The molecular formula is C14H18BrN3O2. The molecule has 2 unspecified atom stereocenters. The van der Waals surface area contributed by atoms with Crippen molar-refractivity contribution >= 4 is 21.8 Å². The van der Waals surface area contributed by atoms with E-state index < -0.39 is 0 Å². The summed E-state index contributed by atoms with van der Waals surface area (Å²) < 4.78 is 2.29. The minimum Gasteiger partial charge on any atom is -0.334 e. The molecule has 5 nitrogen and oxygen atoms in total. The highest BCUT2D eigenvalue weighted by molar-refractivity contribution is 9.10. The maximum Gasteiger partial charge on any atom is 0.251 e. The van der Waals surface area contributed by atoms with Crippen molar-refractivity contribution in [3.63, 3.8) is 0 Å². The van der Waals surface area contributed by atoms with Gasteiger partial charge in [-0.15, -0.1) is 0 Å². The SMILES string of the molecule is O=C(Cn1cc(Br)ccc1=O)N1C2CCNCC1CC2. The number of nitrogens with zero attached hydrogens (tertiary/aromatic N) is 2. The molecule has 0 spiro atoms. The van der Waals surface area contributed by atoms with Gasteiger partial charge in [-0.05, 0) is 47.8 Å². The first-order chi connectivity index (χ1) is 9.65. The molecule has 2 atom stereocenters. The third-order valence-corrected chi connectivity index (χ3v) is 4.66. The first kappa shape index (κ1) is 13.8. The molecule has 2 bridgehead atoms. The predicted octanol–water partition coefficient (Wildman–Crippen LogP) is 0.964. The Balaban J connectivity index is 1.79. The van der Waals surface area contributed by atoms with Crippen LogP contribution in [0.25, 0.3) is 0 Å². The molecule has 0 radical (unpaired) electrons. The van der Waals surface area contributed by atoms with Gasteiger partial charge in [-0.1, -0.05) is 0 Å². The number of hydrogen-bond acceptors (Lipinski definition) is 3. The second-order valence-electron chi connectivity index (χ2n) is 5.49. The van der Waals surface area contributed by atoms with E-state index in [0.29, 0.717) is 6.04 Å². The summed E-state index contributed by atoms with van der Waals surface area (Å²) >= 11 is 3.34. The largest absolute Gasteiger partial charge is 0.334 e. The quantitative estimate of drug-likeness (QED) is 0.873. The maximum atomic E-state index is 12.6. The number of halogens is 1. The zero-order chi connectivity index (χ0) is 14.1. The number of pyridine rings is 1. The number of aromatic nitrogens is 1. The molecule has 0 saturated carbocycles. The zero-order valence-electron chi connectivity index (χ0n) is 11.2. The maximum absolute atomic E-state index is 12.6. The van der Waals surface area contributed by atoms with Crippen LogP contribution in [0.5, 0.6) is 0 Å². The average molecular weight is 340 g/mol. The Morgan fingerprint density at radius 3 is 2.95 bits per heavy atom. The lowest BCUT2D eigenvalue weighted by Crippen LogP contribution is -2.45. The molecule has 2 saturated heterocycles. The number of hydrogen-bond donors (Lipinski definition) is 1. The molecule has 108 valence electrons. The van der Waals surface area contributed by atoms with Gasteiger partial charge in [0.05, 0.1) is 0 Å². The Labute approximate surface area is 126 Å². The lowest BCUT2D eigenvalue weighted by Gasteiger charge is -2.28. The summed E-state index contributed by atoms with van der Waals surface area (Å²) in [6.45, 7) is 1.97. The normalized spacial score (nSPS) is 25.6. The number of rotatable bonds is 2. The van der Waals surface area contributed by atoms with Crippen LogP contribution in [-0.4, -0.2) is 40.5 Å². The number of amides is 1. The fourth-order valence-corrected chi connectivity index (χ4v) is 3.62. The van der Waals surface area contributed by atoms with Crippen molar-refractivity contribution in [3.05, 3.63) is 33.2 Å². The Kier molecular flexibility index (Phi) is 3.94. The van der Waals surface area contributed by atoms with E-state index in [2.05, 4.69) is 21.2 Å². The van der Waals surface area contributed by atoms with Gasteiger partial charge in [-0.25, -0.2) is 0 Å². The highest BCUT2D eigenvalue weighted by Crippen LogP contribution is 2.28. The Hall–Kier alpha value is -1.14. The van der Waals surface area contributed by atoms with Gasteiger partial charge in [-0.2, -0.15) is 0 Å². The highest BCUT2D eigenvalue weighted by atomic mass is 79.9. The average Bonchev–Trinajstić information content (AvgIpc) is 2.67. The van der Waals surface area contributed by atoms with Gasteiger partial charge in [0.1, 0.15) is 6.54 Å². The standard InChI is InChI=1S/C14H18BrN3O2/c15-10-1-4-13(19)17(8-10)9-14(20)18-11-2-3-12(18)7-16-6-5-11/h1,4,8,11-12,16H,2-3,5-7,9H2. The van der Waals surface area contributed by atoms with Gasteiger partial charge in [0, 0.05) is 35.4 Å². The molecule has 2 fully saturated rings. The van der Waals surface area contributed by atoms with Crippen molar-refractivity contribution in [1.82, 2.24) is 14.8 Å². The van der Waals surface area contributed by atoms with Crippen LogP contribution in [0.1, 0.15) is 19.3 Å². The fourth-order valence-electron chi connectivity index (χ4n) is 3.24. The Morgan fingerprint density at radius 1 is 1.30 bits per heavy atom. The topological polar surface area (TPSA) is 54.3 Å². The summed E-state index contributed by atoms with van der Waals surface area (Å²) in [5, 5.41) is 3.38. The molecule has 0 aromatic carbocycles. The van der Waals surface area contributed by atoms with Crippen LogP contribution >= 0.6 is 15.9 Å². The number of carbonyl (C=O) groups is 1. The fraction of sp³-hybridized carbons (Fsp3) is 0.571. The van der Waals surface area contributed by atoms with Crippen molar-refractivity contribution in [2.45, 2.75) is 37.9 Å². The molecule has 1 aromatic rings. The molecule has 1 aromatic heterocycles. The molecule has 1 amide bonds. The van der Waals surface area contributed by atoms with E-state index in [1.54, 1.807) is 12.3 Å².